The molecule has 1 unspecified atom stereocenters. The van der Waals surface area contributed by atoms with Crippen LogP contribution < -0.4 is 5.32 Å². The molecule has 2 aliphatic rings. The minimum Gasteiger partial charge on any atom is -0.480 e. The molecule has 2 N–H and O–H groups in total. The molecule has 0 radical (unpaired) electrons. The Kier molecular flexibility index (Phi) is 3.58. The topological polar surface area (TPSA) is 62.5 Å². The van der Waals surface area contributed by atoms with Crippen LogP contribution in [0.1, 0.15) is 31.4 Å². The van der Waals surface area contributed by atoms with Crippen LogP contribution in [0.5, 0.6) is 0 Å². The Morgan fingerprint density at radius 3 is 2.79 bits per heavy atom. The molecule has 0 bridgehead atoms. The van der Waals surface area contributed by atoms with Crippen LogP contribution in [0, 0.1) is 5.92 Å². The predicted octanol–water partition coefficient (Wildman–Crippen LogP) is 2.50. The Labute approximate surface area is 116 Å². The van der Waals surface area contributed by atoms with Gasteiger partial charge in [0.2, 0.25) is 0 Å². The Balaban J connectivity index is 1.62. The maximum absolute atomic E-state index is 11.8. The summed E-state index contributed by atoms with van der Waals surface area (Å²) in [6.45, 7) is 0. The second kappa shape index (κ2) is 5.21. The molecule has 3 rings (SSSR count). The molecule has 0 aromatic carbocycles. The molecule has 104 valence electrons. The van der Waals surface area contributed by atoms with Crippen molar-refractivity contribution < 1.29 is 14.3 Å². The number of hydrogen-bond acceptors (Lipinski definition) is 4. The molecule has 2 fully saturated rings. The molecule has 1 heterocycles. The zero-order valence-electron chi connectivity index (χ0n) is 10.8. The lowest BCUT2D eigenvalue weighted by Crippen LogP contribution is -2.57. The van der Waals surface area contributed by atoms with E-state index in [0.29, 0.717) is 17.7 Å². The summed E-state index contributed by atoms with van der Waals surface area (Å²) in [5.41, 5.74) is -0.724. The van der Waals surface area contributed by atoms with Crippen molar-refractivity contribution >= 4 is 17.7 Å². The van der Waals surface area contributed by atoms with E-state index in [2.05, 4.69) is 5.32 Å². The molecule has 2 saturated carbocycles. The van der Waals surface area contributed by atoms with Gasteiger partial charge in [0.1, 0.15) is 11.3 Å². The molecule has 2 aliphatic carbocycles. The second-order valence-corrected chi connectivity index (χ2v) is 6.53. The molecule has 0 aliphatic heterocycles. The van der Waals surface area contributed by atoms with Crippen LogP contribution in [-0.4, -0.2) is 28.4 Å². The maximum atomic E-state index is 11.8. The fourth-order valence-corrected chi connectivity index (χ4v) is 3.68. The Bertz CT molecular complexity index is 440. The highest BCUT2D eigenvalue weighted by molar-refractivity contribution is 7.98. The van der Waals surface area contributed by atoms with E-state index in [0.717, 1.165) is 37.2 Å². The molecular weight excluding hydrogens is 262 g/mol. The van der Waals surface area contributed by atoms with Gasteiger partial charge in [-0.15, -0.1) is 0 Å². The van der Waals surface area contributed by atoms with E-state index in [4.69, 9.17) is 4.42 Å². The molecule has 5 heteroatoms. The number of aliphatic carboxylic acids is 1. The third-order valence-electron chi connectivity index (χ3n) is 3.85. The summed E-state index contributed by atoms with van der Waals surface area (Å²) in [6.07, 6.45) is 5.96. The standard InChI is InChI=1S/C14H19NO3S/c16-13(17)14(10-3-4-10,15-11-5-6-11)9-19-8-12-2-1-7-18-12/h1-2,7,10-11,15H,3-6,8-9H2,(H,16,17). The van der Waals surface area contributed by atoms with E-state index >= 15 is 0 Å². The average molecular weight is 281 g/mol. The molecule has 0 saturated heterocycles. The number of nitrogens with one attached hydrogen (secondary N) is 1. The Hall–Kier alpha value is -0.940. The van der Waals surface area contributed by atoms with Crippen LogP contribution >= 0.6 is 11.8 Å². The monoisotopic (exact) mass is 281 g/mol. The summed E-state index contributed by atoms with van der Waals surface area (Å²) in [7, 11) is 0. The van der Waals surface area contributed by atoms with Gasteiger partial charge in [-0.2, -0.15) is 11.8 Å². The fourth-order valence-electron chi connectivity index (χ4n) is 2.45. The van der Waals surface area contributed by atoms with Gasteiger partial charge in [-0.1, -0.05) is 0 Å². The van der Waals surface area contributed by atoms with Crippen molar-refractivity contribution in [3.63, 3.8) is 0 Å². The van der Waals surface area contributed by atoms with Crippen LogP contribution in [0.25, 0.3) is 0 Å². The van der Waals surface area contributed by atoms with Gasteiger partial charge in [-0.25, -0.2) is 0 Å². The number of thioether (sulfide) groups is 1. The highest BCUT2D eigenvalue weighted by atomic mass is 32.2. The zero-order chi connectivity index (χ0) is 13.3. The molecule has 4 nitrogen and oxygen atoms in total. The highest BCUT2D eigenvalue weighted by Gasteiger charge is 2.53. The number of carboxylic acid groups (broad SMARTS) is 1. The van der Waals surface area contributed by atoms with E-state index in [1.54, 1.807) is 18.0 Å². The quantitative estimate of drug-likeness (QED) is 0.766. The lowest BCUT2D eigenvalue weighted by molar-refractivity contribution is -0.145. The van der Waals surface area contributed by atoms with Crippen LogP contribution in [0.15, 0.2) is 22.8 Å². The second-order valence-electron chi connectivity index (χ2n) is 5.54. The van der Waals surface area contributed by atoms with Gasteiger partial charge >= 0.3 is 5.97 Å². The summed E-state index contributed by atoms with van der Waals surface area (Å²) < 4.78 is 5.29. The van der Waals surface area contributed by atoms with E-state index < -0.39 is 11.5 Å². The normalized spacial score (nSPS) is 22.1. The van der Waals surface area contributed by atoms with Crippen molar-refractivity contribution in [2.75, 3.05) is 5.75 Å². The van der Waals surface area contributed by atoms with Crippen molar-refractivity contribution in [1.29, 1.82) is 0 Å². The SMILES string of the molecule is O=C(O)C(CSCc1ccco1)(NC1CC1)C1CC1. The molecular formula is C14H19NO3S. The fraction of sp³-hybridized carbons (Fsp3) is 0.643. The van der Waals surface area contributed by atoms with Gasteiger partial charge in [-0.05, 0) is 43.7 Å². The molecule has 0 spiro atoms. The maximum Gasteiger partial charge on any atom is 0.325 e. The number of carbonyl (C=O) groups is 1. The van der Waals surface area contributed by atoms with Crippen LogP contribution in [-0.2, 0) is 10.5 Å². The number of furan rings is 1. The van der Waals surface area contributed by atoms with E-state index in [1.165, 1.54) is 0 Å². The molecule has 1 atom stereocenters. The molecule has 1 aromatic rings. The number of carboxylic acids is 1. The molecule has 1 aromatic heterocycles. The smallest absolute Gasteiger partial charge is 0.325 e. The van der Waals surface area contributed by atoms with Gasteiger partial charge in [0.25, 0.3) is 0 Å². The van der Waals surface area contributed by atoms with Crippen molar-refractivity contribution in [2.45, 2.75) is 43.0 Å². The first-order valence-corrected chi connectivity index (χ1v) is 7.97. The molecule has 0 amide bonds. The lowest BCUT2D eigenvalue weighted by atomic mass is 9.95. The number of hydrogen-bond donors (Lipinski definition) is 2. The Morgan fingerprint density at radius 2 is 2.26 bits per heavy atom. The molecule has 19 heavy (non-hydrogen) atoms. The van der Waals surface area contributed by atoms with E-state index in [-0.39, 0.29) is 0 Å². The first-order chi connectivity index (χ1) is 9.21. The zero-order valence-corrected chi connectivity index (χ0v) is 11.6. The minimum absolute atomic E-state index is 0.301. The number of rotatable bonds is 8. The third kappa shape index (κ3) is 2.98. The van der Waals surface area contributed by atoms with Gasteiger partial charge < -0.3 is 9.52 Å². The van der Waals surface area contributed by atoms with Crippen molar-refractivity contribution in [3.05, 3.63) is 24.2 Å². The van der Waals surface area contributed by atoms with Gasteiger partial charge in [0, 0.05) is 11.8 Å². The summed E-state index contributed by atoms with van der Waals surface area (Å²) >= 11 is 1.65. The summed E-state index contributed by atoms with van der Waals surface area (Å²) in [5.74, 6) is 1.88. The van der Waals surface area contributed by atoms with E-state index in [9.17, 15) is 9.90 Å². The first-order valence-electron chi connectivity index (χ1n) is 6.82. The van der Waals surface area contributed by atoms with E-state index in [1.807, 2.05) is 12.1 Å². The summed E-state index contributed by atoms with van der Waals surface area (Å²) in [6, 6.07) is 4.21. The Morgan fingerprint density at radius 1 is 1.47 bits per heavy atom. The van der Waals surface area contributed by atoms with Gasteiger partial charge in [0.05, 0.1) is 12.0 Å². The first kappa shape index (κ1) is 13.1. The highest BCUT2D eigenvalue weighted by Crippen LogP contribution is 2.43. The van der Waals surface area contributed by atoms with Crippen LogP contribution in [0.2, 0.25) is 0 Å². The predicted molar refractivity (Wildman–Crippen MR) is 74.1 cm³/mol. The van der Waals surface area contributed by atoms with Crippen LogP contribution in [0.3, 0.4) is 0 Å². The summed E-state index contributed by atoms with van der Waals surface area (Å²) in [4.78, 5) is 11.8. The van der Waals surface area contributed by atoms with Gasteiger partial charge in [0.15, 0.2) is 0 Å². The largest absolute Gasteiger partial charge is 0.480 e. The van der Waals surface area contributed by atoms with Gasteiger partial charge in [-0.3, -0.25) is 10.1 Å². The van der Waals surface area contributed by atoms with Crippen LogP contribution in [0.4, 0.5) is 0 Å². The minimum atomic E-state index is -0.724. The third-order valence-corrected chi connectivity index (χ3v) is 5.00. The van der Waals surface area contributed by atoms with Crippen molar-refractivity contribution in [3.8, 4) is 0 Å². The average Bonchev–Trinajstić information content (AvgIpc) is 3.29. The van der Waals surface area contributed by atoms with Crippen molar-refractivity contribution in [2.24, 2.45) is 5.92 Å². The summed E-state index contributed by atoms with van der Waals surface area (Å²) in [5, 5.41) is 13.1. The van der Waals surface area contributed by atoms with Crippen molar-refractivity contribution in [1.82, 2.24) is 5.32 Å². The lowest BCUT2D eigenvalue weighted by Gasteiger charge is -2.30.